The fourth-order valence-electron chi connectivity index (χ4n) is 2.85. The molecule has 0 bridgehead atoms. The van der Waals surface area contributed by atoms with Gasteiger partial charge in [-0.2, -0.15) is 0 Å². The minimum atomic E-state index is -0.332. The standard InChI is InChI=1S/C22H18N4O2/c27-21(20-14-15-6-4-5-9-19(15)26-20)23-17-10-12-18(13-11-17)25-22(28)24-16-7-2-1-3-8-16/h1-14,26H,(H,23,27)(H2,24,25,28). The van der Waals surface area contributed by atoms with E-state index in [2.05, 4.69) is 20.9 Å². The normalized spacial score (nSPS) is 10.4. The van der Waals surface area contributed by atoms with Gasteiger partial charge < -0.3 is 20.9 Å². The summed E-state index contributed by atoms with van der Waals surface area (Å²) in [6.45, 7) is 0. The van der Waals surface area contributed by atoms with Crippen LogP contribution in [0.2, 0.25) is 0 Å². The first-order valence-corrected chi connectivity index (χ1v) is 8.79. The minimum absolute atomic E-state index is 0.223. The van der Waals surface area contributed by atoms with Crippen LogP contribution in [-0.4, -0.2) is 16.9 Å². The summed E-state index contributed by atoms with van der Waals surface area (Å²) < 4.78 is 0. The monoisotopic (exact) mass is 370 g/mol. The summed E-state index contributed by atoms with van der Waals surface area (Å²) in [6, 6.07) is 25.3. The number of aromatic amines is 1. The average molecular weight is 370 g/mol. The number of amides is 3. The predicted octanol–water partition coefficient (Wildman–Crippen LogP) is 5.06. The summed E-state index contributed by atoms with van der Waals surface area (Å²) in [5, 5.41) is 9.32. The fraction of sp³-hybridized carbons (Fsp3) is 0. The van der Waals surface area contributed by atoms with Crippen molar-refractivity contribution in [1.82, 2.24) is 4.98 Å². The maximum Gasteiger partial charge on any atom is 0.323 e. The number of nitrogens with one attached hydrogen (secondary N) is 4. The van der Waals surface area contributed by atoms with Gasteiger partial charge >= 0.3 is 6.03 Å². The Hall–Kier alpha value is -4.06. The van der Waals surface area contributed by atoms with E-state index in [0.717, 1.165) is 10.9 Å². The van der Waals surface area contributed by atoms with Crippen LogP contribution < -0.4 is 16.0 Å². The van der Waals surface area contributed by atoms with Gasteiger partial charge in [0.15, 0.2) is 0 Å². The van der Waals surface area contributed by atoms with Crippen LogP contribution in [0.3, 0.4) is 0 Å². The Bertz CT molecular complexity index is 1090. The van der Waals surface area contributed by atoms with Crippen LogP contribution in [0.5, 0.6) is 0 Å². The lowest BCUT2D eigenvalue weighted by Gasteiger charge is -2.09. The van der Waals surface area contributed by atoms with Gasteiger partial charge in [-0.15, -0.1) is 0 Å². The van der Waals surface area contributed by atoms with Crippen LogP contribution in [0, 0.1) is 0 Å². The first-order valence-electron chi connectivity index (χ1n) is 8.79. The number of benzene rings is 3. The van der Waals surface area contributed by atoms with E-state index in [4.69, 9.17) is 0 Å². The summed E-state index contributed by atoms with van der Waals surface area (Å²) in [5.41, 5.74) is 3.37. The quantitative estimate of drug-likeness (QED) is 0.404. The van der Waals surface area contributed by atoms with Crippen molar-refractivity contribution >= 4 is 39.9 Å². The van der Waals surface area contributed by atoms with Crippen molar-refractivity contribution in [2.45, 2.75) is 0 Å². The van der Waals surface area contributed by atoms with Crippen molar-refractivity contribution in [2.75, 3.05) is 16.0 Å². The summed E-state index contributed by atoms with van der Waals surface area (Å²) in [6.07, 6.45) is 0. The molecule has 138 valence electrons. The van der Waals surface area contributed by atoms with E-state index in [-0.39, 0.29) is 11.9 Å². The highest BCUT2D eigenvalue weighted by molar-refractivity contribution is 6.06. The molecule has 0 radical (unpaired) electrons. The van der Waals surface area contributed by atoms with Crippen LogP contribution in [0.15, 0.2) is 84.9 Å². The number of rotatable bonds is 4. The lowest BCUT2D eigenvalue weighted by molar-refractivity contribution is 0.102. The maximum absolute atomic E-state index is 12.4. The second-order valence-electron chi connectivity index (χ2n) is 6.25. The van der Waals surface area contributed by atoms with Gasteiger partial charge in [-0.1, -0.05) is 36.4 Å². The van der Waals surface area contributed by atoms with Crippen molar-refractivity contribution in [3.63, 3.8) is 0 Å². The minimum Gasteiger partial charge on any atom is -0.351 e. The molecule has 0 spiro atoms. The van der Waals surface area contributed by atoms with Gasteiger partial charge in [0, 0.05) is 28.0 Å². The zero-order valence-corrected chi connectivity index (χ0v) is 14.9. The lowest BCUT2D eigenvalue weighted by atomic mass is 10.2. The van der Waals surface area contributed by atoms with Gasteiger partial charge in [0.2, 0.25) is 0 Å². The van der Waals surface area contributed by atoms with Crippen LogP contribution in [0.4, 0.5) is 21.9 Å². The fourth-order valence-corrected chi connectivity index (χ4v) is 2.85. The van der Waals surface area contributed by atoms with Gasteiger partial charge in [-0.25, -0.2) is 4.79 Å². The molecule has 0 fully saturated rings. The summed E-state index contributed by atoms with van der Waals surface area (Å²) in [7, 11) is 0. The molecule has 0 aliphatic carbocycles. The molecule has 28 heavy (non-hydrogen) atoms. The molecule has 4 N–H and O–H groups in total. The molecule has 4 aromatic rings. The third kappa shape index (κ3) is 4.02. The molecule has 1 aromatic heterocycles. The van der Waals surface area contributed by atoms with Gasteiger partial charge in [-0.3, -0.25) is 4.79 Å². The lowest BCUT2D eigenvalue weighted by Crippen LogP contribution is -2.19. The van der Waals surface area contributed by atoms with E-state index in [1.165, 1.54) is 0 Å². The van der Waals surface area contributed by atoms with Gasteiger partial charge in [0.25, 0.3) is 5.91 Å². The zero-order chi connectivity index (χ0) is 19.3. The van der Waals surface area contributed by atoms with Crippen LogP contribution in [0.25, 0.3) is 10.9 Å². The van der Waals surface area contributed by atoms with E-state index >= 15 is 0 Å². The Morgan fingerprint density at radius 2 is 1.21 bits per heavy atom. The van der Waals surface area contributed by atoms with E-state index in [1.807, 2.05) is 60.7 Å². The van der Waals surface area contributed by atoms with Crippen LogP contribution >= 0.6 is 0 Å². The molecule has 6 nitrogen and oxygen atoms in total. The Kier molecular flexibility index (Phi) is 4.76. The summed E-state index contributed by atoms with van der Waals surface area (Å²) in [5.74, 6) is -0.223. The number of para-hydroxylation sites is 2. The number of fused-ring (bicyclic) bond motifs is 1. The predicted molar refractivity (Wildman–Crippen MR) is 112 cm³/mol. The number of aromatic nitrogens is 1. The maximum atomic E-state index is 12.4. The molecule has 0 aliphatic rings. The molecule has 0 saturated carbocycles. The number of urea groups is 1. The van der Waals surface area contributed by atoms with E-state index in [9.17, 15) is 9.59 Å². The van der Waals surface area contributed by atoms with E-state index in [0.29, 0.717) is 22.8 Å². The summed E-state index contributed by atoms with van der Waals surface area (Å²) >= 11 is 0. The molecule has 1 heterocycles. The third-order valence-corrected chi connectivity index (χ3v) is 4.21. The Labute approximate surface area is 161 Å². The number of hydrogen-bond donors (Lipinski definition) is 4. The van der Waals surface area contributed by atoms with Crippen molar-refractivity contribution in [2.24, 2.45) is 0 Å². The molecular weight excluding hydrogens is 352 g/mol. The number of carbonyl (C=O) groups excluding carboxylic acids is 2. The van der Waals surface area contributed by atoms with Gasteiger partial charge in [0.05, 0.1) is 0 Å². The average Bonchev–Trinajstić information content (AvgIpc) is 3.15. The van der Waals surface area contributed by atoms with Crippen molar-refractivity contribution in [3.05, 3.63) is 90.6 Å². The third-order valence-electron chi connectivity index (χ3n) is 4.21. The largest absolute Gasteiger partial charge is 0.351 e. The number of hydrogen-bond acceptors (Lipinski definition) is 2. The van der Waals surface area contributed by atoms with Crippen LogP contribution in [-0.2, 0) is 0 Å². The van der Waals surface area contributed by atoms with Gasteiger partial charge in [-0.05, 0) is 48.5 Å². The number of carbonyl (C=O) groups is 2. The van der Waals surface area contributed by atoms with E-state index < -0.39 is 0 Å². The molecular formula is C22H18N4O2. The van der Waals surface area contributed by atoms with Crippen molar-refractivity contribution < 1.29 is 9.59 Å². The zero-order valence-electron chi connectivity index (χ0n) is 14.9. The van der Waals surface area contributed by atoms with Crippen LogP contribution in [0.1, 0.15) is 10.5 Å². The topological polar surface area (TPSA) is 86.0 Å². The molecule has 3 aromatic carbocycles. The highest BCUT2D eigenvalue weighted by Crippen LogP contribution is 2.18. The SMILES string of the molecule is O=C(Nc1ccccc1)Nc1ccc(NC(=O)c2cc3ccccc3[nH]2)cc1. The molecule has 4 rings (SSSR count). The first kappa shape index (κ1) is 17.4. The molecule has 6 heteroatoms. The Morgan fingerprint density at radius 3 is 1.89 bits per heavy atom. The Balaban J connectivity index is 1.37. The number of H-pyrrole nitrogens is 1. The second kappa shape index (κ2) is 7.67. The van der Waals surface area contributed by atoms with Crippen molar-refractivity contribution in [1.29, 1.82) is 0 Å². The smallest absolute Gasteiger partial charge is 0.323 e. The first-order chi connectivity index (χ1) is 13.7. The van der Waals surface area contributed by atoms with E-state index in [1.54, 1.807) is 24.3 Å². The molecule has 0 saturated heterocycles. The second-order valence-corrected chi connectivity index (χ2v) is 6.25. The summed E-state index contributed by atoms with van der Waals surface area (Å²) in [4.78, 5) is 27.5. The molecule has 0 atom stereocenters. The number of anilines is 3. The highest BCUT2D eigenvalue weighted by atomic mass is 16.2. The molecule has 0 unspecified atom stereocenters. The Morgan fingerprint density at radius 1 is 0.643 bits per heavy atom. The molecule has 0 aliphatic heterocycles. The molecule has 3 amide bonds. The van der Waals surface area contributed by atoms with Crippen molar-refractivity contribution in [3.8, 4) is 0 Å². The highest BCUT2D eigenvalue weighted by Gasteiger charge is 2.10. The van der Waals surface area contributed by atoms with Gasteiger partial charge in [0.1, 0.15) is 5.69 Å².